The lowest BCUT2D eigenvalue weighted by atomic mass is 10.1. The van der Waals surface area contributed by atoms with Crippen LogP contribution < -0.4 is 15.4 Å². The van der Waals surface area contributed by atoms with E-state index in [4.69, 9.17) is 39.5 Å². The summed E-state index contributed by atoms with van der Waals surface area (Å²) < 4.78 is 46.6. The molecular weight excluding hydrogens is 616 g/mol. The minimum Gasteiger partial charge on any atom is -0.487 e. The molecular formula is C29H24Cl3F3N4O3. The van der Waals surface area contributed by atoms with Gasteiger partial charge in [-0.3, -0.25) is 9.59 Å². The molecule has 0 aliphatic heterocycles. The summed E-state index contributed by atoms with van der Waals surface area (Å²) in [5.74, 6) is -0.867. The Hall–Kier alpha value is -3.47. The predicted octanol–water partition coefficient (Wildman–Crippen LogP) is 7.19. The van der Waals surface area contributed by atoms with Crippen LogP contribution in [0.1, 0.15) is 40.2 Å². The van der Waals surface area contributed by atoms with E-state index in [0.29, 0.717) is 38.0 Å². The van der Waals surface area contributed by atoms with Crippen molar-refractivity contribution in [3.05, 3.63) is 85.9 Å². The number of nitrogens with one attached hydrogen (secondary N) is 2. The van der Waals surface area contributed by atoms with Crippen LogP contribution >= 0.6 is 34.8 Å². The second kappa shape index (κ2) is 12.4. The molecule has 1 fully saturated rings. The topological polar surface area (TPSA) is 85.2 Å². The van der Waals surface area contributed by atoms with Crippen molar-refractivity contribution in [3.63, 3.8) is 0 Å². The highest BCUT2D eigenvalue weighted by atomic mass is 35.5. The van der Waals surface area contributed by atoms with Crippen molar-refractivity contribution in [2.75, 3.05) is 11.9 Å². The molecule has 3 aromatic carbocycles. The monoisotopic (exact) mass is 638 g/mol. The predicted molar refractivity (Wildman–Crippen MR) is 155 cm³/mol. The fraction of sp³-hybridized carbons (Fsp3) is 0.276. The van der Waals surface area contributed by atoms with Crippen LogP contribution in [0.15, 0.2) is 42.5 Å². The third kappa shape index (κ3) is 6.61. The maximum atomic E-state index is 13.6. The number of aromatic nitrogens is 2. The molecule has 220 valence electrons. The minimum atomic E-state index is -2.78. The number of imidazole rings is 1. The zero-order chi connectivity index (χ0) is 30.1. The molecule has 0 atom stereocenters. The molecule has 0 bridgehead atoms. The molecule has 0 saturated heterocycles. The maximum absolute atomic E-state index is 13.6. The fourth-order valence-corrected chi connectivity index (χ4v) is 5.18. The third-order valence-corrected chi connectivity index (χ3v) is 7.98. The van der Waals surface area contributed by atoms with Gasteiger partial charge in [0.2, 0.25) is 5.91 Å². The molecule has 5 rings (SSSR count). The van der Waals surface area contributed by atoms with E-state index in [1.165, 1.54) is 24.3 Å². The van der Waals surface area contributed by atoms with Gasteiger partial charge in [-0.2, -0.15) is 0 Å². The Morgan fingerprint density at radius 2 is 1.86 bits per heavy atom. The number of amides is 2. The summed E-state index contributed by atoms with van der Waals surface area (Å²) in [6.07, 6.45) is -0.801. The Morgan fingerprint density at radius 1 is 1.10 bits per heavy atom. The zero-order valence-electron chi connectivity index (χ0n) is 22.1. The summed E-state index contributed by atoms with van der Waals surface area (Å²) in [6.45, 7) is -0.683. The maximum Gasteiger partial charge on any atom is 0.272 e. The molecule has 1 aliphatic rings. The number of ether oxygens (including phenoxy) is 1. The van der Waals surface area contributed by atoms with Gasteiger partial charge in [0.05, 0.1) is 26.6 Å². The van der Waals surface area contributed by atoms with Crippen LogP contribution in [0, 0.1) is 11.7 Å². The van der Waals surface area contributed by atoms with E-state index >= 15 is 0 Å². The van der Waals surface area contributed by atoms with E-state index in [9.17, 15) is 22.8 Å². The average Bonchev–Trinajstić information content (AvgIpc) is 3.76. The molecule has 2 N–H and O–H groups in total. The second-order valence-corrected chi connectivity index (χ2v) is 11.1. The normalized spacial score (nSPS) is 13.0. The lowest BCUT2D eigenvalue weighted by molar-refractivity contribution is -0.122. The summed E-state index contributed by atoms with van der Waals surface area (Å²) in [7, 11) is 1.73. The molecule has 7 nitrogen and oxygen atoms in total. The van der Waals surface area contributed by atoms with E-state index in [1.54, 1.807) is 23.7 Å². The number of aryl methyl sites for hydroxylation is 1. The van der Waals surface area contributed by atoms with Gasteiger partial charge >= 0.3 is 0 Å². The number of hydrogen-bond acceptors (Lipinski definition) is 4. The summed E-state index contributed by atoms with van der Waals surface area (Å²) in [5.41, 5.74) is 2.33. The van der Waals surface area contributed by atoms with Crippen molar-refractivity contribution in [2.24, 2.45) is 13.0 Å². The number of anilines is 1. The van der Waals surface area contributed by atoms with Crippen molar-refractivity contribution in [1.82, 2.24) is 14.9 Å². The number of rotatable bonds is 10. The number of halogens is 6. The van der Waals surface area contributed by atoms with Gasteiger partial charge in [0.15, 0.2) is 0 Å². The quantitative estimate of drug-likeness (QED) is 0.192. The van der Waals surface area contributed by atoms with Gasteiger partial charge in [0.25, 0.3) is 12.3 Å². The molecule has 0 spiro atoms. The van der Waals surface area contributed by atoms with Crippen LogP contribution in [0.3, 0.4) is 0 Å². The lowest BCUT2D eigenvalue weighted by Crippen LogP contribution is -2.24. The molecule has 1 saturated carbocycles. The van der Waals surface area contributed by atoms with E-state index in [2.05, 4.69) is 15.6 Å². The van der Waals surface area contributed by atoms with Crippen LogP contribution in [-0.2, 0) is 24.8 Å². The summed E-state index contributed by atoms with van der Waals surface area (Å²) in [6, 6.07) is 9.96. The highest BCUT2D eigenvalue weighted by Gasteiger charge is 2.29. The van der Waals surface area contributed by atoms with Crippen molar-refractivity contribution in [1.29, 1.82) is 0 Å². The number of alkyl halides is 2. The van der Waals surface area contributed by atoms with E-state index in [1.807, 2.05) is 0 Å². The Bertz CT molecular complexity index is 1690. The van der Waals surface area contributed by atoms with Crippen LogP contribution in [0.5, 0.6) is 5.75 Å². The molecule has 1 aliphatic carbocycles. The van der Waals surface area contributed by atoms with Gasteiger partial charge in [0.1, 0.15) is 24.0 Å². The molecule has 4 aromatic rings. The first kappa shape index (κ1) is 30.0. The first-order valence-corrected chi connectivity index (χ1v) is 14.0. The molecule has 0 unspecified atom stereocenters. The van der Waals surface area contributed by atoms with Gasteiger partial charge in [-0.15, -0.1) is 0 Å². The highest BCUT2D eigenvalue weighted by Crippen LogP contribution is 2.34. The van der Waals surface area contributed by atoms with Crippen LogP contribution in [0.2, 0.25) is 15.1 Å². The summed E-state index contributed by atoms with van der Waals surface area (Å²) in [5, 5.41) is 6.07. The van der Waals surface area contributed by atoms with Gasteiger partial charge in [-0.05, 0) is 54.3 Å². The first-order chi connectivity index (χ1) is 20.0. The Morgan fingerprint density at radius 3 is 2.55 bits per heavy atom. The Labute approximate surface area is 253 Å². The molecule has 1 heterocycles. The SMILES string of the molecule is Cn1c(Cc2c(Cl)ccc(CNC(=O)C3CC3)c2Cl)nc2cc(C(=O)Nc3ccc(F)c(Cl)c3)c(OCC(F)F)cc21. The van der Waals surface area contributed by atoms with Gasteiger partial charge < -0.3 is 19.9 Å². The molecule has 1 aromatic heterocycles. The van der Waals surface area contributed by atoms with Crippen LogP contribution in [0.4, 0.5) is 18.9 Å². The third-order valence-electron chi connectivity index (χ3n) is 6.86. The molecule has 0 radical (unpaired) electrons. The number of carbonyl (C=O) groups is 2. The number of fused-ring (bicyclic) bond motifs is 1. The van der Waals surface area contributed by atoms with Crippen molar-refractivity contribution in [3.8, 4) is 5.75 Å². The van der Waals surface area contributed by atoms with Gasteiger partial charge in [-0.25, -0.2) is 18.2 Å². The van der Waals surface area contributed by atoms with E-state index in [0.717, 1.165) is 18.9 Å². The number of carbonyl (C=O) groups excluding carboxylic acids is 2. The molecule has 42 heavy (non-hydrogen) atoms. The zero-order valence-corrected chi connectivity index (χ0v) is 24.4. The first-order valence-electron chi connectivity index (χ1n) is 12.9. The largest absolute Gasteiger partial charge is 0.487 e. The smallest absolute Gasteiger partial charge is 0.272 e. The molecule has 2 amide bonds. The fourth-order valence-electron chi connectivity index (χ4n) is 4.42. The van der Waals surface area contributed by atoms with E-state index in [-0.39, 0.29) is 46.8 Å². The summed E-state index contributed by atoms with van der Waals surface area (Å²) >= 11 is 19.0. The Balaban J connectivity index is 1.46. The average molecular weight is 640 g/mol. The molecule has 13 heteroatoms. The minimum absolute atomic E-state index is 0.00912. The van der Waals surface area contributed by atoms with Gasteiger partial charge in [-0.1, -0.05) is 40.9 Å². The van der Waals surface area contributed by atoms with Crippen molar-refractivity contribution in [2.45, 2.75) is 32.2 Å². The van der Waals surface area contributed by atoms with Gasteiger partial charge in [0, 0.05) is 42.7 Å². The van der Waals surface area contributed by atoms with Crippen molar-refractivity contribution < 1.29 is 27.5 Å². The van der Waals surface area contributed by atoms with E-state index < -0.39 is 24.8 Å². The number of nitrogens with zero attached hydrogens (tertiary/aromatic N) is 2. The van der Waals surface area contributed by atoms with Crippen LogP contribution in [0.25, 0.3) is 11.0 Å². The second-order valence-electron chi connectivity index (χ2n) is 9.88. The number of hydrogen-bond donors (Lipinski definition) is 2. The Kier molecular flexibility index (Phi) is 8.86. The summed E-state index contributed by atoms with van der Waals surface area (Å²) in [4.78, 5) is 29.9. The van der Waals surface area contributed by atoms with Crippen molar-refractivity contribution >= 4 is 63.3 Å². The lowest BCUT2D eigenvalue weighted by Gasteiger charge is -2.13. The number of benzene rings is 3. The van der Waals surface area contributed by atoms with Crippen LogP contribution in [-0.4, -0.2) is 34.4 Å². The standard InChI is InChI=1S/C29H24Cl3F3N4O3/c1-39-23-11-24(42-13-25(34)35)18(29(41)37-16-5-7-21(33)20(31)8-16)9-22(23)38-26(39)10-17-19(30)6-4-15(27(17)32)12-36-28(40)14-2-3-14/h4-9,11,14,25H,2-3,10,12-13H2,1H3,(H,36,40)(H,37,41). The highest BCUT2D eigenvalue weighted by molar-refractivity contribution is 6.36.